The Hall–Kier alpha value is -2.86. The first kappa shape index (κ1) is 17.5. The second kappa shape index (κ2) is 7.04. The van der Waals surface area contributed by atoms with Crippen molar-refractivity contribution in [1.82, 2.24) is 4.57 Å². The van der Waals surface area contributed by atoms with Crippen molar-refractivity contribution < 1.29 is 14.3 Å². The molecule has 1 atom stereocenters. The normalized spacial score (nSPS) is 16.5. The molecule has 0 aliphatic carbocycles. The standard InChI is InChI=1S/C21H20N2O3S/c1-4-9-23-19-14(3)10-13(2)11-18(19)27-21(23)22-20(24)17-12-25-15-7-5-6-8-16(15)26-17/h4-8,10-11,17H,1,9,12H2,2-3H3/t17-/m0/s1. The summed E-state index contributed by atoms with van der Waals surface area (Å²) in [6.07, 6.45) is 1.07. The number of thiazole rings is 1. The Morgan fingerprint density at radius 3 is 2.89 bits per heavy atom. The van der Waals surface area contributed by atoms with Gasteiger partial charge in [0.15, 0.2) is 16.3 Å². The lowest BCUT2D eigenvalue weighted by atomic mass is 10.1. The Balaban J connectivity index is 1.74. The molecule has 0 bridgehead atoms. The molecular weight excluding hydrogens is 360 g/mol. The van der Waals surface area contributed by atoms with Crippen LogP contribution in [0.3, 0.4) is 0 Å². The summed E-state index contributed by atoms with van der Waals surface area (Å²) in [5.41, 5.74) is 3.43. The summed E-state index contributed by atoms with van der Waals surface area (Å²) in [5, 5.41) is 0. The van der Waals surface area contributed by atoms with Crippen molar-refractivity contribution in [2.75, 3.05) is 6.61 Å². The van der Waals surface area contributed by atoms with Crippen molar-refractivity contribution in [3.05, 3.63) is 65.0 Å². The molecule has 3 aromatic rings. The summed E-state index contributed by atoms with van der Waals surface area (Å²) in [5.74, 6) is 0.874. The first-order valence-electron chi connectivity index (χ1n) is 8.75. The summed E-state index contributed by atoms with van der Waals surface area (Å²) >= 11 is 1.50. The topological polar surface area (TPSA) is 52.8 Å². The molecule has 1 aliphatic rings. The average molecular weight is 380 g/mol. The lowest BCUT2D eigenvalue weighted by molar-refractivity contribution is -0.127. The Labute approximate surface area is 161 Å². The molecule has 2 heterocycles. The molecule has 1 amide bonds. The van der Waals surface area contributed by atoms with Gasteiger partial charge in [-0.1, -0.05) is 35.6 Å². The maximum atomic E-state index is 12.8. The predicted octanol–water partition coefficient (Wildman–Crippen LogP) is 3.77. The van der Waals surface area contributed by atoms with Crippen molar-refractivity contribution in [2.24, 2.45) is 4.99 Å². The van der Waals surface area contributed by atoms with Gasteiger partial charge in [0.05, 0.1) is 10.2 Å². The van der Waals surface area contributed by atoms with E-state index in [0.29, 0.717) is 22.8 Å². The number of nitrogens with zero attached hydrogens (tertiary/aromatic N) is 2. The minimum absolute atomic E-state index is 0.157. The van der Waals surface area contributed by atoms with Crippen LogP contribution in [0.2, 0.25) is 0 Å². The summed E-state index contributed by atoms with van der Waals surface area (Å²) in [4.78, 5) is 17.8. The maximum Gasteiger partial charge on any atom is 0.292 e. The van der Waals surface area contributed by atoms with Crippen LogP contribution in [0.1, 0.15) is 11.1 Å². The molecule has 138 valence electrons. The molecule has 1 aromatic heterocycles. The molecule has 27 heavy (non-hydrogen) atoms. The van der Waals surface area contributed by atoms with Gasteiger partial charge in [-0.15, -0.1) is 6.58 Å². The van der Waals surface area contributed by atoms with Gasteiger partial charge in [-0.2, -0.15) is 4.99 Å². The van der Waals surface area contributed by atoms with Gasteiger partial charge in [0, 0.05) is 6.54 Å². The van der Waals surface area contributed by atoms with Crippen LogP contribution in [0, 0.1) is 13.8 Å². The SMILES string of the molecule is C=CCn1c(=NC(=O)[C@@H]2COc3ccccc3O2)sc2cc(C)cc(C)c21. The fourth-order valence-corrected chi connectivity index (χ4v) is 4.50. The fourth-order valence-electron chi connectivity index (χ4n) is 3.28. The van der Waals surface area contributed by atoms with Gasteiger partial charge in [0.25, 0.3) is 5.91 Å². The number of para-hydroxylation sites is 2. The van der Waals surface area contributed by atoms with E-state index in [9.17, 15) is 4.79 Å². The molecular formula is C21H20N2O3S. The molecule has 1 aliphatic heterocycles. The third-order valence-electron chi connectivity index (χ3n) is 4.41. The average Bonchev–Trinajstić information content (AvgIpc) is 2.98. The number of hydrogen-bond acceptors (Lipinski definition) is 4. The Morgan fingerprint density at radius 2 is 2.11 bits per heavy atom. The largest absolute Gasteiger partial charge is 0.485 e. The van der Waals surface area contributed by atoms with Gasteiger partial charge in [0.1, 0.15) is 6.61 Å². The molecule has 4 rings (SSSR count). The van der Waals surface area contributed by atoms with Crippen LogP contribution in [0.5, 0.6) is 11.5 Å². The number of aromatic nitrogens is 1. The maximum absolute atomic E-state index is 12.8. The van der Waals surface area contributed by atoms with Crippen LogP contribution in [0.4, 0.5) is 0 Å². The Kier molecular flexibility index (Phi) is 4.58. The number of amides is 1. The van der Waals surface area contributed by atoms with Gasteiger partial charge in [-0.3, -0.25) is 4.79 Å². The third-order valence-corrected chi connectivity index (χ3v) is 5.44. The first-order valence-corrected chi connectivity index (χ1v) is 9.57. The number of fused-ring (bicyclic) bond motifs is 2. The van der Waals surface area contributed by atoms with Crippen molar-refractivity contribution in [3.63, 3.8) is 0 Å². The smallest absolute Gasteiger partial charge is 0.292 e. The minimum atomic E-state index is -0.745. The second-order valence-corrected chi connectivity index (χ2v) is 7.54. The summed E-state index contributed by atoms with van der Waals surface area (Å²) in [7, 11) is 0. The highest BCUT2D eigenvalue weighted by atomic mass is 32.1. The number of benzene rings is 2. The summed E-state index contributed by atoms with van der Waals surface area (Å²) in [6.45, 7) is 8.72. The highest BCUT2D eigenvalue weighted by Crippen LogP contribution is 2.31. The molecule has 0 unspecified atom stereocenters. The molecule has 6 heteroatoms. The van der Waals surface area contributed by atoms with Crippen LogP contribution >= 0.6 is 11.3 Å². The Morgan fingerprint density at radius 1 is 1.33 bits per heavy atom. The number of aryl methyl sites for hydroxylation is 2. The van der Waals surface area contributed by atoms with Gasteiger partial charge in [0.2, 0.25) is 6.10 Å². The van der Waals surface area contributed by atoms with E-state index in [-0.39, 0.29) is 12.5 Å². The fraction of sp³-hybridized carbons (Fsp3) is 0.238. The summed E-state index contributed by atoms with van der Waals surface area (Å²) < 4.78 is 14.6. The van der Waals surface area contributed by atoms with E-state index in [1.807, 2.05) is 28.8 Å². The number of rotatable bonds is 3. The molecule has 0 N–H and O–H groups in total. The van der Waals surface area contributed by atoms with E-state index in [2.05, 4.69) is 37.6 Å². The highest BCUT2D eigenvalue weighted by Gasteiger charge is 2.27. The minimum Gasteiger partial charge on any atom is -0.485 e. The van der Waals surface area contributed by atoms with Gasteiger partial charge < -0.3 is 14.0 Å². The van der Waals surface area contributed by atoms with Crippen LogP contribution < -0.4 is 14.3 Å². The monoisotopic (exact) mass is 380 g/mol. The zero-order valence-corrected chi connectivity index (χ0v) is 16.1. The van der Waals surface area contributed by atoms with E-state index in [0.717, 1.165) is 15.8 Å². The van der Waals surface area contributed by atoms with Crippen molar-refractivity contribution in [2.45, 2.75) is 26.5 Å². The lowest BCUT2D eigenvalue weighted by Crippen LogP contribution is -2.36. The molecule has 0 fully saturated rings. The first-order chi connectivity index (χ1) is 13.1. The predicted molar refractivity (Wildman–Crippen MR) is 106 cm³/mol. The van der Waals surface area contributed by atoms with Crippen molar-refractivity contribution in [3.8, 4) is 11.5 Å². The van der Waals surface area contributed by atoms with Crippen LogP contribution in [0.25, 0.3) is 10.2 Å². The van der Waals surface area contributed by atoms with Crippen molar-refractivity contribution in [1.29, 1.82) is 0 Å². The Bertz CT molecular complexity index is 1110. The molecule has 0 spiro atoms. The lowest BCUT2D eigenvalue weighted by Gasteiger charge is -2.23. The molecule has 5 nitrogen and oxygen atoms in total. The van der Waals surface area contributed by atoms with E-state index >= 15 is 0 Å². The van der Waals surface area contributed by atoms with E-state index in [4.69, 9.17) is 9.47 Å². The van der Waals surface area contributed by atoms with E-state index in [1.165, 1.54) is 16.9 Å². The van der Waals surface area contributed by atoms with Gasteiger partial charge in [-0.05, 0) is 43.2 Å². The molecule has 0 radical (unpaired) electrons. The zero-order valence-electron chi connectivity index (χ0n) is 15.3. The number of hydrogen-bond donors (Lipinski definition) is 0. The molecule has 0 saturated heterocycles. The number of ether oxygens (including phenoxy) is 2. The molecule has 0 saturated carbocycles. The highest BCUT2D eigenvalue weighted by molar-refractivity contribution is 7.16. The zero-order chi connectivity index (χ0) is 19.0. The quantitative estimate of drug-likeness (QED) is 0.650. The van der Waals surface area contributed by atoms with Crippen molar-refractivity contribution >= 4 is 27.5 Å². The van der Waals surface area contributed by atoms with Gasteiger partial charge >= 0.3 is 0 Å². The number of allylic oxidation sites excluding steroid dienone is 1. The number of carbonyl (C=O) groups excluding carboxylic acids is 1. The summed E-state index contributed by atoms with van der Waals surface area (Å²) in [6, 6.07) is 11.6. The van der Waals surface area contributed by atoms with Gasteiger partial charge in [-0.25, -0.2) is 0 Å². The van der Waals surface area contributed by atoms with E-state index in [1.54, 1.807) is 6.07 Å². The van der Waals surface area contributed by atoms with Crippen LogP contribution in [-0.4, -0.2) is 23.2 Å². The number of carbonyl (C=O) groups is 1. The van der Waals surface area contributed by atoms with Crippen LogP contribution in [0.15, 0.2) is 54.0 Å². The second-order valence-electron chi connectivity index (χ2n) is 6.53. The van der Waals surface area contributed by atoms with E-state index < -0.39 is 6.10 Å². The third kappa shape index (κ3) is 3.28. The molecule has 2 aromatic carbocycles. The van der Waals surface area contributed by atoms with Crippen LogP contribution in [-0.2, 0) is 11.3 Å².